The minimum atomic E-state index is -4.76. The Morgan fingerprint density at radius 3 is 2.31 bits per heavy atom. The number of alkyl halides is 6. The van der Waals surface area contributed by atoms with E-state index >= 15 is 4.39 Å². The zero-order valence-corrected chi connectivity index (χ0v) is 22.2. The molecule has 2 aromatic carbocycles. The van der Waals surface area contributed by atoms with Crippen LogP contribution in [0.25, 0.3) is 5.65 Å². The molecule has 1 saturated heterocycles. The minimum absolute atomic E-state index is 0.00413. The van der Waals surface area contributed by atoms with Crippen molar-refractivity contribution in [2.24, 2.45) is 0 Å². The molecule has 0 radical (unpaired) electrons. The van der Waals surface area contributed by atoms with Crippen molar-refractivity contribution in [2.45, 2.75) is 44.8 Å². The zero-order valence-electron chi connectivity index (χ0n) is 22.2. The van der Waals surface area contributed by atoms with Gasteiger partial charge >= 0.3 is 12.5 Å². The lowest BCUT2D eigenvalue weighted by atomic mass is 9.88. The third-order valence-corrected chi connectivity index (χ3v) is 7.23. The molecule has 0 aliphatic carbocycles. The molecule has 42 heavy (non-hydrogen) atoms. The number of amides is 1. The average molecular weight is 595 g/mol. The first-order valence-electron chi connectivity index (χ1n) is 13.0. The number of aryl methyl sites for hydroxylation is 1. The Morgan fingerprint density at radius 1 is 1.00 bits per heavy atom. The largest absolute Gasteiger partial charge is 0.573 e. The number of piperidine rings is 1. The standard InChI is InChI=1S/C29H25F7N4O2/c1-17-26(40-13-10-20(28(31,32)33)15-25(40)38-17)27(41)37-16-18-2-7-23(24(30)14-18)19-8-11-39(12-9-19)21-3-5-22(6-4-21)42-29(34,35)36/h2-7,10,13-15,19H,8-9,11-12,16H2,1H3,(H,37,41). The van der Waals surface area contributed by atoms with Crippen molar-refractivity contribution in [1.29, 1.82) is 0 Å². The van der Waals surface area contributed by atoms with E-state index in [1.165, 1.54) is 29.5 Å². The number of aromatic nitrogens is 2. The molecule has 3 heterocycles. The van der Waals surface area contributed by atoms with Gasteiger partial charge in [0, 0.05) is 31.5 Å². The monoisotopic (exact) mass is 594 g/mol. The molecular weight excluding hydrogens is 569 g/mol. The number of carbonyl (C=O) groups excluding carboxylic acids is 1. The van der Waals surface area contributed by atoms with Crippen molar-refractivity contribution < 1.29 is 40.3 Å². The third kappa shape index (κ3) is 6.44. The third-order valence-electron chi connectivity index (χ3n) is 7.23. The lowest BCUT2D eigenvalue weighted by molar-refractivity contribution is -0.274. The fourth-order valence-electron chi connectivity index (χ4n) is 5.20. The fraction of sp³-hybridized carbons (Fsp3) is 0.310. The molecule has 1 N–H and O–H groups in total. The van der Waals surface area contributed by atoms with Gasteiger partial charge in [-0.3, -0.25) is 9.20 Å². The second kappa shape index (κ2) is 11.2. The van der Waals surface area contributed by atoms with Crippen LogP contribution in [0.15, 0.2) is 60.8 Å². The summed E-state index contributed by atoms with van der Waals surface area (Å²) in [6.45, 7) is 2.69. The van der Waals surface area contributed by atoms with Gasteiger partial charge in [0.1, 0.15) is 22.9 Å². The quantitative estimate of drug-likeness (QED) is 0.244. The Labute approximate surface area is 235 Å². The van der Waals surface area contributed by atoms with Gasteiger partial charge in [0.2, 0.25) is 0 Å². The number of hydrogen-bond acceptors (Lipinski definition) is 4. The van der Waals surface area contributed by atoms with E-state index < -0.39 is 29.8 Å². The summed E-state index contributed by atoms with van der Waals surface area (Å²) in [4.78, 5) is 19.0. The predicted molar refractivity (Wildman–Crippen MR) is 140 cm³/mol. The number of carbonyl (C=O) groups is 1. The summed E-state index contributed by atoms with van der Waals surface area (Å²) in [5.74, 6) is -1.33. The van der Waals surface area contributed by atoms with Crippen LogP contribution in [0, 0.1) is 12.7 Å². The van der Waals surface area contributed by atoms with Crippen molar-refractivity contribution in [2.75, 3.05) is 18.0 Å². The highest BCUT2D eigenvalue weighted by Crippen LogP contribution is 2.34. The summed E-state index contributed by atoms with van der Waals surface area (Å²) < 4.78 is 96.5. The van der Waals surface area contributed by atoms with Crippen LogP contribution in [-0.4, -0.2) is 34.7 Å². The van der Waals surface area contributed by atoms with E-state index in [1.807, 2.05) is 4.90 Å². The number of pyridine rings is 1. The Kier molecular flexibility index (Phi) is 7.78. The van der Waals surface area contributed by atoms with E-state index in [-0.39, 0.29) is 35.2 Å². The van der Waals surface area contributed by atoms with Crippen LogP contribution < -0.4 is 15.0 Å². The van der Waals surface area contributed by atoms with Crippen molar-refractivity contribution >= 4 is 17.2 Å². The molecule has 13 heteroatoms. The molecule has 1 fully saturated rings. The van der Waals surface area contributed by atoms with Crippen molar-refractivity contribution in [3.63, 3.8) is 0 Å². The van der Waals surface area contributed by atoms with Crippen LogP contribution >= 0.6 is 0 Å². The number of hydrogen-bond donors (Lipinski definition) is 1. The number of fused-ring (bicyclic) bond motifs is 1. The molecular formula is C29H25F7N4O2. The SMILES string of the molecule is Cc1nc2cc(C(F)(F)F)ccn2c1C(=O)NCc1ccc(C2CCN(c3ccc(OC(F)(F)F)cc3)CC2)c(F)c1. The Morgan fingerprint density at radius 2 is 1.69 bits per heavy atom. The fourth-order valence-corrected chi connectivity index (χ4v) is 5.20. The number of nitrogens with zero attached hydrogens (tertiary/aromatic N) is 3. The summed E-state index contributed by atoms with van der Waals surface area (Å²) in [5.41, 5.74) is 1.25. The number of nitrogens with one attached hydrogen (secondary N) is 1. The molecule has 0 saturated carbocycles. The highest BCUT2D eigenvalue weighted by molar-refractivity contribution is 5.94. The molecule has 222 valence electrons. The Balaban J connectivity index is 1.19. The number of anilines is 1. The zero-order chi connectivity index (χ0) is 30.2. The maximum absolute atomic E-state index is 15.1. The maximum atomic E-state index is 15.1. The summed E-state index contributed by atoms with van der Waals surface area (Å²) >= 11 is 0. The normalized spacial score (nSPS) is 14.8. The summed E-state index contributed by atoms with van der Waals surface area (Å²) in [6.07, 6.45) is -6.88. The van der Waals surface area contributed by atoms with Crippen LogP contribution in [0.3, 0.4) is 0 Å². The van der Waals surface area contributed by atoms with Gasteiger partial charge in [-0.25, -0.2) is 9.37 Å². The molecule has 4 aromatic rings. The van der Waals surface area contributed by atoms with Crippen LogP contribution in [0.1, 0.15) is 51.6 Å². The summed E-state index contributed by atoms with van der Waals surface area (Å²) in [6, 6.07) is 12.1. The molecule has 0 unspecified atom stereocenters. The van der Waals surface area contributed by atoms with Gasteiger partial charge in [-0.2, -0.15) is 13.2 Å². The second-order valence-corrected chi connectivity index (χ2v) is 10.0. The van der Waals surface area contributed by atoms with Gasteiger partial charge in [0.05, 0.1) is 11.3 Å². The lowest BCUT2D eigenvalue weighted by Gasteiger charge is -2.34. The molecule has 1 aliphatic rings. The molecule has 0 atom stereocenters. The van der Waals surface area contributed by atoms with Gasteiger partial charge < -0.3 is 15.0 Å². The maximum Gasteiger partial charge on any atom is 0.573 e. The van der Waals surface area contributed by atoms with Crippen molar-refractivity contribution in [1.82, 2.24) is 14.7 Å². The van der Waals surface area contributed by atoms with Gasteiger partial charge in [-0.15, -0.1) is 13.2 Å². The van der Waals surface area contributed by atoms with E-state index in [9.17, 15) is 31.1 Å². The van der Waals surface area contributed by atoms with Gasteiger partial charge in [0.25, 0.3) is 5.91 Å². The predicted octanol–water partition coefficient (Wildman–Crippen LogP) is 7.01. The number of rotatable bonds is 6. The molecule has 5 rings (SSSR count). The van der Waals surface area contributed by atoms with Crippen LogP contribution in [0.4, 0.5) is 36.4 Å². The number of ether oxygens (including phenoxy) is 1. The molecule has 0 bridgehead atoms. The first kappa shape index (κ1) is 29.2. The Hall–Kier alpha value is -4.29. The number of halogens is 7. The molecule has 2 aromatic heterocycles. The van der Waals surface area contributed by atoms with E-state index in [0.29, 0.717) is 37.1 Å². The minimum Gasteiger partial charge on any atom is -0.406 e. The summed E-state index contributed by atoms with van der Waals surface area (Å²) in [7, 11) is 0. The van der Waals surface area contributed by atoms with Gasteiger partial charge in [0.15, 0.2) is 0 Å². The molecule has 1 aliphatic heterocycles. The van der Waals surface area contributed by atoms with Crippen LogP contribution in [-0.2, 0) is 12.7 Å². The van der Waals surface area contributed by atoms with E-state index in [1.54, 1.807) is 24.3 Å². The van der Waals surface area contributed by atoms with Crippen molar-refractivity contribution in [3.05, 3.63) is 94.7 Å². The first-order valence-corrected chi connectivity index (χ1v) is 13.0. The number of benzene rings is 2. The van der Waals surface area contributed by atoms with Crippen molar-refractivity contribution in [3.8, 4) is 5.75 Å². The van der Waals surface area contributed by atoms with E-state index in [4.69, 9.17) is 0 Å². The molecule has 1 amide bonds. The highest BCUT2D eigenvalue weighted by atomic mass is 19.4. The van der Waals surface area contributed by atoms with E-state index in [0.717, 1.165) is 24.0 Å². The highest BCUT2D eigenvalue weighted by Gasteiger charge is 2.32. The summed E-state index contributed by atoms with van der Waals surface area (Å²) in [5, 5.41) is 2.68. The van der Waals surface area contributed by atoms with Crippen LogP contribution in [0.2, 0.25) is 0 Å². The van der Waals surface area contributed by atoms with E-state index in [2.05, 4.69) is 15.0 Å². The number of imidazole rings is 1. The topological polar surface area (TPSA) is 58.9 Å². The van der Waals surface area contributed by atoms with Crippen LogP contribution in [0.5, 0.6) is 5.75 Å². The molecule has 0 spiro atoms. The van der Waals surface area contributed by atoms with Gasteiger partial charge in [-0.05, 0) is 79.3 Å². The first-order chi connectivity index (χ1) is 19.8. The average Bonchev–Trinajstić information content (AvgIpc) is 3.26. The van der Waals surface area contributed by atoms with Gasteiger partial charge in [-0.1, -0.05) is 12.1 Å². The smallest absolute Gasteiger partial charge is 0.406 e. The molecule has 6 nitrogen and oxygen atoms in total. The lowest BCUT2D eigenvalue weighted by Crippen LogP contribution is -2.33. The second-order valence-electron chi connectivity index (χ2n) is 10.0. The Bertz CT molecular complexity index is 1590.